The van der Waals surface area contributed by atoms with Crippen molar-refractivity contribution >= 4 is 17.4 Å². The van der Waals surface area contributed by atoms with Crippen LogP contribution in [0.1, 0.15) is 41.6 Å². The molecule has 0 saturated heterocycles. The van der Waals surface area contributed by atoms with Gasteiger partial charge in [-0.05, 0) is 30.2 Å². The third-order valence-electron chi connectivity index (χ3n) is 4.37. The second-order valence-corrected chi connectivity index (χ2v) is 5.96. The average molecular weight is 320 g/mol. The van der Waals surface area contributed by atoms with Gasteiger partial charge in [-0.15, -0.1) is 0 Å². The topological polar surface area (TPSA) is 93.9 Å². The number of hydrogen-bond donors (Lipinski definition) is 2. The average Bonchev–Trinajstić information content (AvgIpc) is 3.13. The molecule has 0 bridgehead atoms. The highest BCUT2D eigenvalue weighted by Crippen LogP contribution is 2.40. The van der Waals surface area contributed by atoms with Gasteiger partial charge in [-0.2, -0.15) is 5.26 Å². The number of rotatable bonds is 3. The van der Waals surface area contributed by atoms with E-state index in [4.69, 9.17) is 5.26 Å². The molecule has 1 aromatic carbocycles. The number of carbonyl (C=O) groups excluding carboxylic acids is 1. The van der Waals surface area contributed by atoms with Gasteiger partial charge in [0, 0.05) is 24.3 Å². The van der Waals surface area contributed by atoms with Crippen LogP contribution in [0.4, 0.5) is 11.5 Å². The number of hydrogen-bond acceptors (Lipinski definition) is 6. The summed E-state index contributed by atoms with van der Waals surface area (Å²) in [6, 6.07) is 7.37. The van der Waals surface area contributed by atoms with Gasteiger partial charge >= 0.3 is 0 Å². The predicted octanol–water partition coefficient (Wildman–Crippen LogP) is 1.98. The van der Waals surface area contributed by atoms with Crippen molar-refractivity contribution in [2.24, 2.45) is 0 Å². The summed E-state index contributed by atoms with van der Waals surface area (Å²) in [4.78, 5) is 21.3. The van der Waals surface area contributed by atoms with E-state index in [1.807, 2.05) is 0 Å². The molecule has 1 unspecified atom stereocenters. The summed E-state index contributed by atoms with van der Waals surface area (Å²) in [6.07, 6.45) is 2.50. The molecular formula is C17H16N6O. The van der Waals surface area contributed by atoms with Crippen LogP contribution < -0.4 is 10.7 Å². The maximum atomic E-state index is 12.5. The van der Waals surface area contributed by atoms with Crippen LogP contribution in [0.5, 0.6) is 0 Å². The van der Waals surface area contributed by atoms with Gasteiger partial charge in [-0.3, -0.25) is 4.79 Å². The molecule has 0 spiro atoms. The first kappa shape index (κ1) is 14.6. The largest absolute Gasteiger partial charge is 0.325 e. The van der Waals surface area contributed by atoms with Crippen molar-refractivity contribution in [2.75, 3.05) is 17.3 Å². The lowest BCUT2D eigenvalue weighted by Gasteiger charge is -2.13. The van der Waals surface area contributed by atoms with E-state index in [2.05, 4.69) is 38.7 Å². The molecule has 7 nitrogen and oxygen atoms in total. The molecule has 1 atom stereocenters. The highest BCUT2D eigenvalue weighted by molar-refractivity contribution is 6.05. The highest BCUT2D eigenvalue weighted by atomic mass is 16.2. The molecule has 1 aromatic heterocycles. The molecule has 0 saturated carbocycles. The number of anilines is 2. The molecule has 3 heterocycles. The van der Waals surface area contributed by atoms with Crippen molar-refractivity contribution in [1.82, 2.24) is 15.0 Å². The number of amides is 1. The number of benzene rings is 1. The fourth-order valence-corrected chi connectivity index (χ4v) is 3.31. The summed E-state index contributed by atoms with van der Waals surface area (Å²) < 4.78 is 0. The lowest BCUT2D eigenvalue weighted by molar-refractivity contribution is -0.116. The Morgan fingerprint density at radius 2 is 2.29 bits per heavy atom. The molecule has 0 fully saturated rings. The minimum atomic E-state index is -0.506. The Labute approximate surface area is 139 Å². The van der Waals surface area contributed by atoms with E-state index in [-0.39, 0.29) is 5.91 Å². The maximum absolute atomic E-state index is 12.5. The van der Waals surface area contributed by atoms with Crippen molar-refractivity contribution in [3.63, 3.8) is 0 Å². The van der Waals surface area contributed by atoms with Crippen LogP contribution in [-0.2, 0) is 11.3 Å². The van der Waals surface area contributed by atoms with Crippen molar-refractivity contribution in [2.45, 2.75) is 25.8 Å². The first-order chi connectivity index (χ1) is 11.7. The number of nitriles is 1. The van der Waals surface area contributed by atoms with E-state index in [0.29, 0.717) is 17.8 Å². The van der Waals surface area contributed by atoms with Gasteiger partial charge in [-0.1, -0.05) is 6.92 Å². The quantitative estimate of drug-likeness (QED) is 0.898. The van der Waals surface area contributed by atoms with E-state index < -0.39 is 5.92 Å². The number of nitrogens with zero attached hydrogens (tertiary/aromatic N) is 4. The zero-order valence-electron chi connectivity index (χ0n) is 13.2. The van der Waals surface area contributed by atoms with E-state index >= 15 is 0 Å². The van der Waals surface area contributed by atoms with E-state index in [1.54, 1.807) is 18.2 Å². The summed E-state index contributed by atoms with van der Waals surface area (Å²) in [7, 11) is 0. The minimum absolute atomic E-state index is 0.116. The minimum Gasteiger partial charge on any atom is -0.325 e. The smallest absolute Gasteiger partial charge is 0.238 e. The van der Waals surface area contributed by atoms with Gasteiger partial charge in [0.2, 0.25) is 5.91 Å². The zero-order chi connectivity index (χ0) is 16.7. The lowest BCUT2D eigenvalue weighted by Crippen LogP contribution is -2.24. The fourth-order valence-electron chi connectivity index (χ4n) is 3.31. The Bertz CT molecular complexity index is 872. The van der Waals surface area contributed by atoms with Crippen molar-refractivity contribution in [3.05, 3.63) is 46.9 Å². The van der Waals surface area contributed by atoms with Gasteiger partial charge in [0.05, 0.1) is 17.3 Å². The summed E-state index contributed by atoms with van der Waals surface area (Å²) in [5.41, 5.74) is 6.99. The molecule has 0 radical (unpaired) electrons. The van der Waals surface area contributed by atoms with Crippen LogP contribution in [0.15, 0.2) is 24.5 Å². The molecular weight excluding hydrogens is 304 g/mol. The Morgan fingerprint density at radius 1 is 1.42 bits per heavy atom. The van der Waals surface area contributed by atoms with Crippen LogP contribution in [-0.4, -0.2) is 27.4 Å². The van der Waals surface area contributed by atoms with E-state index in [9.17, 15) is 4.79 Å². The third-order valence-corrected chi connectivity index (χ3v) is 4.37. The third kappa shape index (κ3) is 2.20. The highest BCUT2D eigenvalue weighted by Gasteiger charge is 2.37. The van der Waals surface area contributed by atoms with Crippen LogP contribution >= 0.6 is 0 Å². The first-order valence-corrected chi connectivity index (χ1v) is 7.91. The standard InChI is InChI=1S/C17H16N6O/c1-2-5-23-8-12-15(19-9-20-16(12)22-23)14-11-6-10(7-18)3-4-13(11)21-17(14)24/h3-4,6,9,14H,2,5,8H2,1H3,(H,21,24)(H,19,20,22). The van der Waals surface area contributed by atoms with Crippen LogP contribution in [0.25, 0.3) is 0 Å². The summed E-state index contributed by atoms with van der Waals surface area (Å²) >= 11 is 0. The van der Waals surface area contributed by atoms with E-state index in [1.165, 1.54) is 6.33 Å². The normalized spacial score (nSPS) is 18.5. The van der Waals surface area contributed by atoms with Crippen LogP contribution in [0, 0.1) is 11.3 Å². The Hall–Kier alpha value is -2.98. The molecule has 1 amide bonds. The van der Waals surface area contributed by atoms with Gasteiger partial charge < -0.3 is 10.7 Å². The lowest BCUT2D eigenvalue weighted by atomic mass is 9.93. The van der Waals surface area contributed by atoms with E-state index in [0.717, 1.165) is 35.6 Å². The molecule has 2 aliphatic heterocycles. The molecule has 2 aliphatic rings. The Kier molecular flexibility index (Phi) is 3.40. The second-order valence-electron chi connectivity index (χ2n) is 5.96. The number of fused-ring (bicyclic) bond motifs is 2. The van der Waals surface area contributed by atoms with Gasteiger partial charge in [0.15, 0.2) is 0 Å². The Balaban J connectivity index is 1.79. The second kappa shape index (κ2) is 5.58. The van der Waals surface area contributed by atoms with Crippen LogP contribution in [0.2, 0.25) is 0 Å². The number of nitrogens with one attached hydrogen (secondary N) is 2. The van der Waals surface area contributed by atoms with Crippen molar-refractivity contribution < 1.29 is 4.79 Å². The SMILES string of the molecule is CCCN1Cc2c(ncnc2C2C(=O)Nc3ccc(C#N)cc32)N1. The molecule has 120 valence electrons. The Morgan fingerprint density at radius 3 is 3.08 bits per heavy atom. The molecule has 2 aromatic rings. The molecule has 4 rings (SSSR count). The van der Waals surface area contributed by atoms with Crippen LogP contribution in [0.3, 0.4) is 0 Å². The predicted molar refractivity (Wildman–Crippen MR) is 88.0 cm³/mol. The van der Waals surface area contributed by atoms with Gasteiger partial charge in [0.1, 0.15) is 18.1 Å². The number of hydrazine groups is 1. The molecule has 2 N–H and O–H groups in total. The van der Waals surface area contributed by atoms with Crippen molar-refractivity contribution in [1.29, 1.82) is 5.26 Å². The summed E-state index contributed by atoms with van der Waals surface area (Å²) in [5, 5.41) is 14.1. The maximum Gasteiger partial charge on any atom is 0.238 e. The van der Waals surface area contributed by atoms with Gasteiger partial charge in [0.25, 0.3) is 0 Å². The fraction of sp³-hybridized carbons (Fsp3) is 0.294. The first-order valence-electron chi connectivity index (χ1n) is 7.91. The number of aromatic nitrogens is 2. The monoisotopic (exact) mass is 320 g/mol. The van der Waals surface area contributed by atoms with Crippen molar-refractivity contribution in [3.8, 4) is 6.07 Å². The summed E-state index contributed by atoms with van der Waals surface area (Å²) in [6.45, 7) is 3.67. The zero-order valence-corrected chi connectivity index (χ0v) is 13.2. The number of carbonyl (C=O) groups is 1. The molecule has 24 heavy (non-hydrogen) atoms. The summed E-state index contributed by atoms with van der Waals surface area (Å²) in [5.74, 6) is 0.134. The molecule has 7 heteroatoms. The molecule has 0 aliphatic carbocycles. The van der Waals surface area contributed by atoms with Gasteiger partial charge in [-0.25, -0.2) is 15.0 Å².